The van der Waals surface area contributed by atoms with Crippen LogP contribution in [0, 0.1) is 5.82 Å². The molecule has 1 amide bonds. The van der Waals surface area contributed by atoms with Gasteiger partial charge in [-0.3, -0.25) is 9.59 Å². The van der Waals surface area contributed by atoms with Crippen LogP contribution in [0.5, 0.6) is 0 Å². The molecule has 0 spiro atoms. The van der Waals surface area contributed by atoms with Crippen molar-refractivity contribution in [3.63, 3.8) is 0 Å². The summed E-state index contributed by atoms with van der Waals surface area (Å²) in [5.41, 5.74) is 1.97. The molecular formula is C23H16FN5O2S. The van der Waals surface area contributed by atoms with E-state index in [0.29, 0.717) is 37.8 Å². The van der Waals surface area contributed by atoms with Gasteiger partial charge in [-0.05, 0) is 42.5 Å². The van der Waals surface area contributed by atoms with E-state index in [1.807, 2.05) is 6.07 Å². The van der Waals surface area contributed by atoms with Crippen molar-refractivity contribution in [3.05, 3.63) is 100 Å². The molecule has 2 heterocycles. The highest BCUT2D eigenvalue weighted by molar-refractivity contribution is 7.20. The number of carbonyl (C=O) groups excluding carboxylic acids is 1. The van der Waals surface area contributed by atoms with E-state index >= 15 is 0 Å². The SMILES string of the molecule is O=C(NCc1ccccc1F)c1ccc(Nc2nn3c(=O)c4ccccc4nc3s2)cc1. The third-order valence-corrected chi connectivity index (χ3v) is 5.72. The molecule has 5 rings (SSSR count). The Kier molecular flexibility index (Phi) is 5.08. The Morgan fingerprint density at radius 2 is 1.75 bits per heavy atom. The van der Waals surface area contributed by atoms with E-state index in [-0.39, 0.29) is 23.8 Å². The number of rotatable bonds is 5. The molecule has 9 heteroatoms. The predicted molar refractivity (Wildman–Crippen MR) is 122 cm³/mol. The zero-order valence-electron chi connectivity index (χ0n) is 16.6. The monoisotopic (exact) mass is 445 g/mol. The smallest absolute Gasteiger partial charge is 0.283 e. The van der Waals surface area contributed by atoms with Crippen molar-refractivity contribution < 1.29 is 9.18 Å². The Hall–Kier alpha value is -4.11. The number of nitrogens with one attached hydrogen (secondary N) is 2. The Balaban J connectivity index is 1.31. The fourth-order valence-electron chi connectivity index (χ4n) is 3.25. The molecule has 0 fully saturated rings. The first-order valence-electron chi connectivity index (χ1n) is 9.76. The standard InChI is InChI=1S/C23H16FN5O2S/c24-18-7-3-1-5-15(18)13-25-20(30)14-9-11-16(12-10-14)26-22-28-29-21(31)17-6-2-4-8-19(17)27-23(29)32-22/h1-12H,13H2,(H,25,30)(H,26,28). The molecule has 5 aromatic rings. The first-order valence-corrected chi connectivity index (χ1v) is 10.6. The number of nitrogens with zero attached hydrogens (tertiary/aromatic N) is 3. The van der Waals surface area contributed by atoms with Crippen LogP contribution in [0.2, 0.25) is 0 Å². The van der Waals surface area contributed by atoms with Gasteiger partial charge in [0.2, 0.25) is 10.1 Å². The number of hydrogen-bond donors (Lipinski definition) is 2. The van der Waals surface area contributed by atoms with Crippen LogP contribution < -0.4 is 16.2 Å². The third kappa shape index (κ3) is 3.81. The molecule has 32 heavy (non-hydrogen) atoms. The van der Waals surface area contributed by atoms with Crippen molar-refractivity contribution in [1.82, 2.24) is 19.9 Å². The predicted octanol–water partition coefficient (Wildman–Crippen LogP) is 4.12. The van der Waals surface area contributed by atoms with Gasteiger partial charge in [-0.2, -0.15) is 4.52 Å². The number of benzene rings is 3. The molecule has 0 unspecified atom stereocenters. The van der Waals surface area contributed by atoms with Crippen LogP contribution in [-0.2, 0) is 6.54 Å². The van der Waals surface area contributed by atoms with Gasteiger partial charge in [0.1, 0.15) is 5.82 Å². The van der Waals surface area contributed by atoms with Crippen molar-refractivity contribution in [3.8, 4) is 0 Å². The minimum atomic E-state index is -0.357. The summed E-state index contributed by atoms with van der Waals surface area (Å²) in [5, 5.41) is 11.2. The molecule has 3 aromatic carbocycles. The van der Waals surface area contributed by atoms with Crippen molar-refractivity contribution >= 4 is 43.9 Å². The first kappa shape index (κ1) is 19.8. The number of anilines is 2. The molecule has 0 saturated heterocycles. The van der Waals surface area contributed by atoms with Gasteiger partial charge in [-0.1, -0.05) is 41.7 Å². The molecule has 2 N–H and O–H groups in total. The van der Waals surface area contributed by atoms with E-state index in [4.69, 9.17) is 0 Å². The van der Waals surface area contributed by atoms with Crippen molar-refractivity contribution in [2.75, 3.05) is 5.32 Å². The minimum Gasteiger partial charge on any atom is -0.348 e. The lowest BCUT2D eigenvalue weighted by molar-refractivity contribution is 0.0950. The van der Waals surface area contributed by atoms with Crippen LogP contribution in [0.15, 0.2) is 77.6 Å². The molecule has 0 radical (unpaired) electrons. The average Bonchev–Trinajstić information content (AvgIpc) is 3.21. The van der Waals surface area contributed by atoms with Crippen LogP contribution in [0.1, 0.15) is 15.9 Å². The van der Waals surface area contributed by atoms with Gasteiger partial charge < -0.3 is 10.6 Å². The second-order valence-corrected chi connectivity index (χ2v) is 7.97. The largest absolute Gasteiger partial charge is 0.348 e. The summed E-state index contributed by atoms with van der Waals surface area (Å²) in [6.07, 6.45) is 0. The van der Waals surface area contributed by atoms with Crippen LogP contribution in [0.3, 0.4) is 0 Å². The Labute approximate surface area is 185 Å². The molecule has 2 aromatic heterocycles. The highest BCUT2D eigenvalue weighted by Gasteiger charge is 2.12. The van der Waals surface area contributed by atoms with Gasteiger partial charge in [-0.25, -0.2) is 9.37 Å². The quantitative estimate of drug-likeness (QED) is 0.425. The van der Waals surface area contributed by atoms with Crippen LogP contribution in [0.25, 0.3) is 15.9 Å². The Morgan fingerprint density at radius 3 is 2.56 bits per heavy atom. The van der Waals surface area contributed by atoms with Gasteiger partial charge in [0, 0.05) is 23.4 Å². The van der Waals surface area contributed by atoms with Crippen molar-refractivity contribution in [2.24, 2.45) is 0 Å². The van der Waals surface area contributed by atoms with E-state index in [0.717, 1.165) is 0 Å². The molecule has 0 aliphatic heterocycles. The number of para-hydroxylation sites is 1. The molecule has 0 aliphatic rings. The highest BCUT2D eigenvalue weighted by Crippen LogP contribution is 2.23. The van der Waals surface area contributed by atoms with Gasteiger partial charge in [0.05, 0.1) is 10.9 Å². The fraction of sp³-hybridized carbons (Fsp3) is 0.0435. The molecule has 0 saturated carbocycles. The van der Waals surface area contributed by atoms with Gasteiger partial charge >= 0.3 is 0 Å². The molecular weight excluding hydrogens is 429 g/mol. The van der Waals surface area contributed by atoms with Gasteiger partial charge in [0.15, 0.2) is 0 Å². The van der Waals surface area contributed by atoms with Crippen LogP contribution >= 0.6 is 11.3 Å². The highest BCUT2D eigenvalue weighted by atomic mass is 32.1. The number of fused-ring (bicyclic) bond motifs is 2. The summed E-state index contributed by atoms with van der Waals surface area (Å²) in [4.78, 5) is 30.0. The maximum Gasteiger partial charge on any atom is 0.283 e. The van der Waals surface area contributed by atoms with E-state index in [2.05, 4.69) is 20.7 Å². The summed E-state index contributed by atoms with van der Waals surface area (Å²) in [6.45, 7) is 0.104. The molecule has 0 atom stereocenters. The second kappa shape index (κ2) is 8.20. The number of amides is 1. The first-order chi connectivity index (χ1) is 15.6. The third-order valence-electron chi connectivity index (χ3n) is 4.90. The van der Waals surface area contributed by atoms with Crippen molar-refractivity contribution in [2.45, 2.75) is 6.54 Å². The van der Waals surface area contributed by atoms with E-state index in [1.165, 1.54) is 21.9 Å². The summed E-state index contributed by atoms with van der Waals surface area (Å²) in [6, 6.07) is 20.2. The summed E-state index contributed by atoms with van der Waals surface area (Å²) in [7, 11) is 0. The Bertz CT molecular complexity index is 1510. The minimum absolute atomic E-state index is 0.104. The average molecular weight is 445 g/mol. The summed E-state index contributed by atoms with van der Waals surface area (Å²) < 4.78 is 15.0. The normalized spacial score (nSPS) is 11.0. The van der Waals surface area contributed by atoms with Crippen LogP contribution in [-0.4, -0.2) is 20.5 Å². The van der Waals surface area contributed by atoms with E-state index in [1.54, 1.807) is 60.7 Å². The number of aromatic nitrogens is 3. The summed E-state index contributed by atoms with van der Waals surface area (Å²) >= 11 is 1.25. The number of carbonyl (C=O) groups is 1. The lowest BCUT2D eigenvalue weighted by atomic mass is 10.1. The lowest BCUT2D eigenvalue weighted by Crippen LogP contribution is -2.23. The van der Waals surface area contributed by atoms with Crippen LogP contribution in [0.4, 0.5) is 15.2 Å². The maximum atomic E-state index is 13.7. The van der Waals surface area contributed by atoms with Gasteiger partial charge in [0.25, 0.3) is 11.5 Å². The zero-order valence-corrected chi connectivity index (χ0v) is 17.4. The number of hydrogen-bond acceptors (Lipinski definition) is 6. The Morgan fingerprint density at radius 1 is 1.00 bits per heavy atom. The lowest BCUT2D eigenvalue weighted by Gasteiger charge is -2.07. The topological polar surface area (TPSA) is 88.4 Å². The second-order valence-electron chi connectivity index (χ2n) is 7.01. The van der Waals surface area contributed by atoms with E-state index < -0.39 is 0 Å². The van der Waals surface area contributed by atoms with E-state index in [9.17, 15) is 14.0 Å². The summed E-state index contributed by atoms with van der Waals surface area (Å²) in [5.74, 6) is -0.660. The fourth-order valence-corrected chi connectivity index (χ4v) is 4.07. The van der Waals surface area contributed by atoms with Crippen molar-refractivity contribution in [1.29, 1.82) is 0 Å². The molecule has 158 valence electrons. The molecule has 7 nitrogen and oxygen atoms in total. The maximum absolute atomic E-state index is 13.7. The van der Waals surface area contributed by atoms with Gasteiger partial charge in [-0.15, -0.1) is 5.10 Å². The zero-order chi connectivity index (χ0) is 22.1. The molecule has 0 aliphatic carbocycles. The number of halogens is 1. The molecule has 0 bridgehead atoms.